The average Bonchev–Trinajstić information content (AvgIpc) is 2.93. The molecule has 0 aromatic heterocycles. The highest BCUT2D eigenvalue weighted by atomic mass is 16.6. The summed E-state index contributed by atoms with van der Waals surface area (Å²) in [4.78, 5) is 36.7. The van der Waals surface area contributed by atoms with E-state index in [4.69, 9.17) is 18.9 Å². The summed E-state index contributed by atoms with van der Waals surface area (Å²) in [5, 5.41) is 6.42. The molecule has 38 heavy (non-hydrogen) atoms. The van der Waals surface area contributed by atoms with Crippen molar-refractivity contribution < 1.29 is 33.3 Å². The Bertz CT molecular complexity index is 1270. The Hall–Kier alpha value is -4.86. The minimum Gasteiger partial charge on any atom is -0.494 e. The number of nitrogens with zero attached hydrogens (tertiary/aromatic N) is 1. The number of rotatable bonds is 12. The number of methoxy groups -OCH3 is 1. The number of hydrogen-bond donors (Lipinski definition) is 2. The quantitative estimate of drug-likeness (QED) is 0.162. The molecule has 0 aliphatic rings. The molecular weight excluding hydrogens is 490 g/mol. The maximum atomic E-state index is 12.5. The summed E-state index contributed by atoms with van der Waals surface area (Å²) in [6.45, 7) is 4.55. The topological polar surface area (TPSA) is 125 Å². The average molecular weight is 520 g/mol. The van der Waals surface area contributed by atoms with Crippen LogP contribution in [0, 0.1) is 0 Å². The zero-order valence-corrected chi connectivity index (χ0v) is 21.4. The van der Waals surface area contributed by atoms with Gasteiger partial charge in [0.25, 0.3) is 11.8 Å². The molecule has 3 aromatic rings. The largest absolute Gasteiger partial charge is 0.494 e. The van der Waals surface area contributed by atoms with E-state index in [0.29, 0.717) is 47.2 Å². The Morgan fingerprint density at radius 1 is 0.816 bits per heavy atom. The van der Waals surface area contributed by atoms with Gasteiger partial charge < -0.3 is 24.3 Å². The molecule has 0 spiro atoms. The van der Waals surface area contributed by atoms with Gasteiger partial charge in [-0.3, -0.25) is 9.59 Å². The van der Waals surface area contributed by atoms with E-state index >= 15 is 0 Å². The van der Waals surface area contributed by atoms with Gasteiger partial charge in [0.2, 0.25) is 0 Å². The molecule has 3 rings (SSSR count). The molecular formula is C28H29N3O7. The van der Waals surface area contributed by atoms with E-state index in [1.54, 1.807) is 66.7 Å². The van der Waals surface area contributed by atoms with E-state index in [-0.39, 0.29) is 12.3 Å². The first-order valence-electron chi connectivity index (χ1n) is 11.9. The van der Waals surface area contributed by atoms with Crippen LogP contribution in [0.1, 0.15) is 40.1 Å². The van der Waals surface area contributed by atoms with Gasteiger partial charge in [-0.2, -0.15) is 5.10 Å². The summed E-state index contributed by atoms with van der Waals surface area (Å²) in [7, 11) is 1.44. The lowest BCUT2D eigenvalue weighted by molar-refractivity contribution is -0.120. The fourth-order valence-electron chi connectivity index (χ4n) is 3.21. The number of carbonyl (C=O) groups is 3. The lowest BCUT2D eigenvalue weighted by Gasteiger charge is -2.10. The molecule has 0 radical (unpaired) electrons. The SMILES string of the molecule is CCOc1ccc(C(=O)NCC(=O)N/N=C/c2ccc(OC(=O)c3ccc(OCC)cc3)c(OC)c2)cc1. The third-order valence-electron chi connectivity index (χ3n) is 5.03. The molecule has 2 amide bonds. The predicted molar refractivity (Wildman–Crippen MR) is 141 cm³/mol. The van der Waals surface area contributed by atoms with Crippen LogP contribution in [0.2, 0.25) is 0 Å². The first-order chi connectivity index (χ1) is 18.4. The minimum absolute atomic E-state index is 0.226. The molecule has 0 atom stereocenters. The second-order valence-corrected chi connectivity index (χ2v) is 7.69. The van der Waals surface area contributed by atoms with Gasteiger partial charge in [0.1, 0.15) is 11.5 Å². The smallest absolute Gasteiger partial charge is 0.343 e. The standard InChI is InChI=1S/C28H29N3O7/c1-4-36-22-11-7-20(8-12-22)27(33)29-18-26(32)31-30-17-19-6-15-24(25(16-19)35-3)38-28(34)21-9-13-23(14-10-21)37-5-2/h6-17H,4-5,18H2,1-3H3,(H,29,33)(H,31,32)/b30-17+. The highest BCUT2D eigenvalue weighted by molar-refractivity contribution is 5.96. The van der Waals surface area contributed by atoms with E-state index in [2.05, 4.69) is 15.8 Å². The number of nitrogens with one attached hydrogen (secondary N) is 2. The first-order valence-corrected chi connectivity index (χ1v) is 11.9. The van der Waals surface area contributed by atoms with E-state index in [1.165, 1.54) is 13.3 Å². The number of benzene rings is 3. The first kappa shape index (κ1) is 27.7. The highest BCUT2D eigenvalue weighted by Gasteiger charge is 2.13. The van der Waals surface area contributed by atoms with Crippen LogP contribution in [0.15, 0.2) is 71.8 Å². The third kappa shape index (κ3) is 8.09. The Morgan fingerprint density at radius 2 is 1.42 bits per heavy atom. The zero-order valence-electron chi connectivity index (χ0n) is 21.4. The van der Waals surface area contributed by atoms with Crippen molar-refractivity contribution in [1.29, 1.82) is 0 Å². The Morgan fingerprint density at radius 3 is 2.00 bits per heavy atom. The molecule has 10 heteroatoms. The Balaban J connectivity index is 1.51. The molecule has 3 aromatic carbocycles. The van der Waals surface area contributed by atoms with Gasteiger partial charge in [0.05, 0.1) is 38.6 Å². The molecule has 0 aliphatic heterocycles. The molecule has 0 unspecified atom stereocenters. The van der Waals surface area contributed by atoms with Gasteiger partial charge in [-0.1, -0.05) is 0 Å². The van der Waals surface area contributed by atoms with Gasteiger partial charge in [0.15, 0.2) is 11.5 Å². The van der Waals surface area contributed by atoms with Crippen LogP contribution in [-0.4, -0.2) is 50.9 Å². The van der Waals surface area contributed by atoms with E-state index in [0.717, 1.165) is 0 Å². The van der Waals surface area contributed by atoms with Crippen LogP contribution in [0.5, 0.6) is 23.0 Å². The summed E-state index contributed by atoms with van der Waals surface area (Å²) >= 11 is 0. The number of hydrazone groups is 1. The number of hydrogen-bond acceptors (Lipinski definition) is 8. The molecule has 10 nitrogen and oxygen atoms in total. The molecule has 0 bridgehead atoms. The molecule has 198 valence electrons. The van der Waals surface area contributed by atoms with Crippen LogP contribution in [0.3, 0.4) is 0 Å². The molecule has 2 N–H and O–H groups in total. The van der Waals surface area contributed by atoms with E-state index in [9.17, 15) is 14.4 Å². The minimum atomic E-state index is -0.549. The van der Waals surface area contributed by atoms with Crippen molar-refractivity contribution in [3.8, 4) is 23.0 Å². The lowest BCUT2D eigenvalue weighted by atomic mass is 10.2. The van der Waals surface area contributed by atoms with Crippen molar-refractivity contribution in [2.45, 2.75) is 13.8 Å². The molecule has 0 fully saturated rings. The normalized spacial score (nSPS) is 10.5. The zero-order chi connectivity index (χ0) is 27.3. The summed E-state index contributed by atoms with van der Waals surface area (Å²) < 4.78 is 21.5. The lowest BCUT2D eigenvalue weighted by Crippen LogP contribution is -2.34. The number of ether oxygens (including phenoxy) is 4. The van der Waals surface area contributed by atoms with Crippen molar-refractivity contribution in [1.82, 2.24) is 10.7 Å². The van der Waals surface area contributed by atoms with Gasteiger partial charge in [0, 0.05) is 5.56 Å². The number of esters is 1. The van der Waals surface area contributed by atoms with Crippen molar-refractivity contribution in [2.24, 2.45) is 5.10 Å². The Kier molecular flexibility index (Phi) is 10.2. The van der Waals surface area contributed by atoms with Gasteiger partial charge >= 0.3 is 5.97 Å². The maximum Gasteiger partial charge on any atom is 0.343 e. The van der Waals surface area contributed by atoms with Crippen LogP contribution >= 0.6 is 0 Å². The summed E-state index contributed by atoms with van der Waals surface area (Å²) in [6.07, 6.45) is 1.40. The number of amides is 2. The summed E-state index contributed by atoms with van der Waals surface area (Å²) in [5.41, 5.74) is 3.69. The maximum absolute atomic E-state index is 12.5. The highest BCUT2D eigenvalue weighted by Crippen LogP contribution is 2.28. The second-order valence-electron chi connectivity index (χ2n) is 7.69. The van der Waals surface area contributed by atoms with Crippen LogP contribution in [0.25, 0.3) is 0 Å². The van der Waals surface area contributed by atoms with E-state index < -0.39 is 17.8 Å². The van der Waals surface area contributed by atoms with Crippen LogP contribution in [-0.2, 0) is 4.79 Å². The van der Waals surface area contributed by atoms with Crippen molar-refractivity contribution >= 4 is 24.0 Å². The van der Waals surface area contributed by atoms with Crippen molar-refractivity contribution in [3.05, 3.63) is 83.4 Å². The monoisotopic (exact) mass is 519 g/mol. The van der Waals surface area contributed by atoms with Crippen LogP contribution in [0.4, 0.5) is 0 Å². The summed E-state index contributed by atoms with van der Waals surface area (Å²) in [5.74, 6) is 0.402. The summed E-state index contributed by atoms with van der Waals surface area (Å²) in [6, 6.07) is 18.0. The second kappa shape index (κ2) is 14.0. The van der Waals surface area contributed by atoms with Gasteiger partial charge in [-0.05, 0) is 86.1 Å². The molecule has 0 aliphatic carbocycles. The van der Waals surface area contributed by atoms with Crippen molar-refractivity contribution in [2.75, 3.05) is 26.9 Å². The van der Waals surface area contributed by atoms with Gasteiger partial charge in [-0.25, -0.2) is 10.2 Å². The molecule has 0 saturated heterocycles. The van der Waals surface area contributed by atoms with Crippen molar-refractivity contribution in [3.63, 3.8) is 0 Å². The van der Waals surface area contributed by atoms with E-state index in [1.807, 2.05) is 13.8 Å². The third-order valence-corrected chi connectivity index (χ3v) is 5.03. The molecule has 0 heterocycles. The van der Waals surface area contributed by atoms with Crippen LogP contribution < -0.4 is 29.7 Å². The molecule has 0 saturated carbocycles. The van der Waals surface area contributed by atoms with Gasteiger partial charge in [-0.15, -0.1) is 0 Å². The Labute approximate surface area is 220 Å². The fraction of sp³-hybridized carbons (Fsp3) is 0.214. The number of carbonyl (C=O) groups excluding carboxylic acids is 3. The predicted octanol–water partition coefficient (Wildman–Crippen LogP) is 3.59. The fourth-order valence-corrected chi connectivity index (χ4v) is 3.21.